The Balaban J connectivity index is 2.06. The second kappa shape index (κ2) is 4.51. The van der Waals surface area contributed by atoms with Gasteiger partial charge in [0, 0.05) is 11.6 Å². The molecule has 1 aromatic carbocycles. The number of nitrogens with zero attached hydrogens (tertiary/aromatic N) is 1. The van der Waals surface area contributed by atoms with E-state index in [1.807, 2.05) is 12.1 Å². The van der Waals surface area contributed by atoms with Gasteiger partial charge < -0.3 is 4.98 Å². The first kappa shape index (κ1) is 11.9. The van der Waals surface area contributed by atoms with E-state index < -0.39 is 0 Å². The largest absolute Gasteiger partial charge is 0.323 e. The third-order valence-corrected chi connectivity index (χ3v) is 4.26. The number of hydrogen-bond donors (Lipinski definition) is 2. The summed E-state index contributed by atoms with van der Waals surface area (Å²) >= 11 is 1.73. The van der Waals surface area contributed by atoms with Crippen molar-refractivity contribution in [3.63, 3.8) is 0 Å². The number of carbonyl (C=O) groups excluding carboxylic acids is 1. The van der Waals surface area contributed by atoms with Crippen molar-refractivity contribution in [1.29, 1.82) is 0 Å². The fourth-order valence-corrected chi connectivity index (χ4v) is 3.27. The number of hydrogen-bond acceptors (Lipinski definition) is 3. The maximum atomic E-state index is 11.0. The molecule has 0 fully saturated rings. The number of thiophene rings is 1. The zero-order valence-electron chi connectivity index (χ0n) is 10.7. The van der Waals surface area contributed by atoms with Gasteiger partial charge in [0.15, 0.2) is 0 Å². The average molecular weight is 271 g/mol. The lowest BCUT2D eigenvalue weighted by molar-refractivity contribution is -0.114. The van der Waals surface area contributed by atoms with E-state index in [-0.39, 0.29) is 5.91 Å². The Hall–Kier alpha value is -2.14. The summed E-state index contributed by atoms with van der Waals surface area (Å²) in [6.07, 6.45) is 1.75. The molecule has 0 saturated carbocycles. The highest BCUT2D eigenvalue weighted by Gasteiger charge is 2.12. The lowest BCUT2D eigenvalue weighted by atomic mass is 10.1. The molecule has 0 spiro atoms. The maximum absolute atomic E-state index is 11.0. The number of imidazole rings is 1. The van der Waals surface area contributed by atoms with Crippen LogP contribution in [0, 0.1) is 6.92 Å². The van der Waals surface area contributed by atoms with Crippen molar-refractivity contribution in [1.82, 2.24) is 9.97 Å². The summed E-state index contributed by atoms with van der Waals surface area (Å²) in [6, 6.07) is 8.32. The number of aryl methyl sites for hydroxylation is 1. The van der Waals surface area contributed by atoms with Gasteiger partial charge in [0.25, 0.3) is 0 Å². The number of carbonyl (C=O) groups is 1. The molecule has 3 rings (SSSR count). The summed E-state index contributed by atoms with van der Waals surface area (Å²) in [4.78, 5) is 19.4. The van der Waals surface area contributed by atoms with E-state index in [4.69, 9.17) is 0 Å². The second-order valence-electron chi connectivity index (χ2n) is 4.38. The number of H-pyrrole nitrogens is 1. The van der Waals surface area contributed by atoms with Crippen LogP contribution in [0.1, 0.15) is 12.5 Å². The first-order chi connectivity index (χ1) is 9.15. The zero-order valence-corrected chi connectivity index (χ0v) is 11.5. The summed E-state index contributed by atoms with van der Waals surface area (Å²) in [5, 5.41) is 3.91. The summed E-state index contributed by atoms with van der Waals surface area (Å²) < 4.78 is 1.26. The third-order valence-electron chi connectivity index (χ3n) is 2.96. The summed E-state index contributed by atoms with van der Waals surface area (Å²) in [6.45, 7) is 3.57. The van der Waals surface area contributed by atoms with Crippen LogP contribution >= 0.6 is 11.3 Å². The first-order valence-electron chi connectivity index (χ1n) is 5.96. The standard InChI is InChI=1S/C14H13N3OS/c1-8-10-5-3-4-6-12(10)19-13(8)11-7-15-14(17-11)16-9(2)18/h3-7H,1-2H3,(H2,15,16,17,18). The number of nitrogens with one attached hydrogen (secondary N) is 2. The van der Waals surface area contributed by atoms with Crippen LogP contribution in [0.5, 0.6) is 0 Å². The monoisotopic (exact) mass is 271 g/mol. The Morgan fingerprint density at radius 3 is 2.89 bits per heavy atom. The van der Waals surface area contributed by atoms with Gasteiger partial charge in [-0.3, -0.25) is 10.1 Å². The normalized spacial score (nSPS) is 10.8. The molecule has 1 amide bonds. The lowest BCUT2D eigenvalue weighted by Gasteiger charge is -1.96. The molecule has 0 unspecified atom stereocenters. The predicted octanol–water partition coefficient (Wildman–Crippen LogP) is 3.56. The van der Waals surface area contributed by atoms with Gasteiger partial charge in [-0.2, -0.15) is 0 Å². The molecule has 4 nitrogen and oxygen atoms in total. The molecule has 0 bridgehead atoms. The van der Waals surface area contributed by atoms with Crippen molar-refractivity contribution >= 4 is 33.3 Å². The molecule has 0 atom stereocenters. The molecule has 0 aliphatic rings. The molecule has 19 heavy (non-hydrogen) atoms. The van der Waals surface area contributed by atoms with Crippen molar-refractivity contribution in [2.24, 2.45) is 0 Å². The van der Waals surface area contributed by atoms with Crippen LogP contribution in [0.25, 0.3) is 20.7 Å². The van der Waals surface area contributed by atoms with E-state index in [2.05, 4.69) is 34.3 Å². The SMILES string of the molecule is CC(=O)Nc1ncc(-c2sc3ccccc3c2C)[nH]1. The molecule has 0 saturated heterocycles. The number of anilines is 1. The van der Waals surface area contributed by atoms with E-state index >= 15 is 0 Å². The number of rotatable bonds is 2. The highest BCUT2D eigenvalue weighted by atomic mass is 32.1. The van der Waals surface area contributed by atoms with E-state index in [1.54, 1.807) is 17.5 Å². The van der Waals surface area contributed by atoms with Crippen molar-refractivity contribution in [2.75, 3.05) is 5.32 Å². The van der Waals surface area contributed by atoms with Crippen LogP contribution in [-0.2, 0) is 4.79 Å². The highest BCUT2D eigenvalue weighted by Crippen LogP contribution is 2.37. The molecule has 0 aliphatic heterocycles. The van der Waals surface area contributed by atoms with E-state index in [1.165, 1.54) is 22.6 Å². The maximum Gasteiger partial charge on any atom is 0.223 e. The Bertz CT molecular complexity index is 757. The van der Waals surface area contributed by atoms with Gasteiger partial charge in [-0.25, -0.2) is 4.98 Å². The van der Waals surface area contributed by atoms with Crippen LogP contribution in [0.15, 0.2) is 30.5 Å². The number of amides is 1. The molecule has 0 aliphatic carbocycles. The van der Waals surface area contributed by atoms with E-state index in [9.17, 15) is 4.79 Å². The summed E-state index contributed by atoms with van der Waals surface area (Å²) in [7, 11) is 0. The average Bonchev–Trinajstić information content (AvgIpc) is 2.94. The first-order valence-corrected chi connectivity index (χ1v) is 6.78. The molecule has 2 N–H and O–H groups in total. The summed E-state index contributed by atoms with van der Waals surface area (Å²) in [5.74, 6) is 0.355. The predicted molar refractivity (Wildman–Crippen MR) is 78.4 cm³/mol. The fourth-order valence-electron chi connectivity index (χ4n) is 2.10. The highest BCUT2D eigenvalue weighted by molar-refractivity contribution is 7.22. The molecule has 2 aromatic heterocycles. The molecular formula is C14H13N3OS. The number of aromatic amines is 1. The van der Waals surface area contributed by atoms with Gasteiger partial charge >= 0.3 is 0 Å². The van der Waals surface area contributed by atoms with Crippen molar-refractivity contribution in [3.8, 4) is 10.6 Å². The molecule has 0 radical (unpaired) electrons. The Morgan fingerprint density at radius 1 is 1.37 bits per heavy atom. The van der Waals surface area contributed by atoms with Gasteiger partial charge in [-0.15, -0.1) is 11.3 Å². The van der Waals surface area contributed by atoms with Gasteiger partial charge in [0.05, 0.1) is 16.8 Å². The Labute approximate surface area is 114 Å². The van der Waals surface area contributed by atoms with Crippen LogP contribution < -0.4 is 5.32 Å². The van der Waals surface area contributed by atoms with Gasteiger partial charge in [-0.1, -0.05) is 18.2 Å². The zero-order chi connectivity index (χ0) is 13.4. The quantitative estimate of drug-likeness (QED) is 0.748. The van der Waals surface area contributed by atoms with Gasteiger partial charge in [0.1, 0.15) is 0 Å². The number of fused-ring (bicyclic) bond motifs is 1. The number of benzene rings is 1. The smallest absolute Gasteiger partial charge is 0.223 e. The molecule has 2 heterocycles. The topological polar surface area (TPSA) is 57.8 Å². The molecule has 96 valence electrons. The van der Waals surface area contributed by atoms with Crippen LogP contribution in [0.4, 0.5) is 5.95 Å². The van der Waals surface area contributed by atoms with Crippen LogP contribution in [0.3, 0.4) is 0 Å². The lowest BCUT2D eigenvalue weighted by Crippen LogP contribution is -2.06. The van der Waals surface area contributed by atoms with Gasteiger partial charge in [-0.05, 0) is 23.9 Å². The van der Waals surface area contributed by atoms with Crippen LogP contribution in [-0.4, -0.2) is 15.9 Å². The van der Waals surface area contributed by atoms with Crippen molar-refractivity contribution < 1.29 is 4.79 Å². The van der Waals surface area contributed by atoms with E-state index in [0.717, 1.165) is 10.6 Å². The molecular weight excluding hydrogens is 258 g/mol. The Kier molecular flexibility index (Phi) is 2.83. The second-order valence-corrected chi connectivity index (χ2v) is 5.43. The number of aromatic nitrogens is 2. The minimum Gasteiger partial charge on any atom is -0.323 e. The van der Waals surface area contributed by atoms with Crippen molar-refractivity contribution in [3.05, 3.63) is 36.0 Å². The van der Waals surface area contributed by atoms with E-state index in [0.29, 0.717) is 5.95 Å². The fraction of sp³-hybridized carbons (Fsp3) is 0.143. The molecule has 5 heteroatoms. The van der Waals surface area contributed by atoms with Crippen LogP contribution in [0.2, 0.25) is 0 Å². The minimum absolute atomic E-state index is 0.131. The van der Waals surface area contributed by atoms with Crippen molar-refractivity contribution in [2.45, 2.75) is 13.8 Å². The summed E-state index contributed by atoms with van der Waals surface area (Å²) in [5.41, 5.74) is 2.17. The van der Waals surface area contributed by atoms with Gasteiger partial charge in [0.2, 0.25) is 11.9 Å². The molecule has 3 aromatic rings. The third kappa shape index (κ3) is 2.13. The minimum atomic E-state index is -0.131. The Morgan fingerprint density at radius 2 is 2.16 bits per heavy atom.